The maximum atomic E-state index is 13.4. The van der Waals surface area contributed by atoms with Crippen LogP contribution in [0.5, 0.6) is 0 Å². The molecule has 1 saturated heterocycles. The molecule has 1 atom stereocenters. The summed E-state index contributed by atoms with van der Waals surface area (Å²) in [5.74, 6) is -1.32. The zero-order chi connectivity index (χ0) is 19.3. The molecule has 1 unspecified atom stereocenters. The molecule has 3 rings (SSSR count). The monoisotopic (exact) mass is 377 g/mol. The number of carbonyl (C=O) groups is 1. The van der Waals surface area contributed by atoms with Crippen molar-refractivity contribution in [2.45, 2.75) is 31.0 Å². The maximum Gasteiger partial charge on any atom is 0.406 e. The Balaban J connectivity index is 1.98. The van der Waals surface area contributed by atoms with Crippen LogP contribution >= 0.6 is 0 Å². The molecule has 0 aliphatic carbocycles. The molecule has 144 valence electrons. The second-order valence-corrected chi connectivity index (χ2v) is 6.71. The lowest BCUT2D eigenvalue weighted by Crippen LogP contribution is -2.50. The van der Waals surface area contributed by atoms with Gasteiger partial charge in [-0.05, 0) is 24.0 Å². The molecule has 1 fully saturated rings. The molecule has 1 aliphatic rings. The second kappa shape index (κ2) is 8.57. The summed E-state index contributed by atoms with van der Waals surface area (Å²) in [6.45, 7) is -0.612. The van der Waals surface area contributed by atoms with Crippen molar-refractivity contribution in [2.75, 3.05) is 19.8 Å². The van der Waals surface area contributed by atoms with Crippen molar-refractivity contribution in [3.8, 4) is 0 Å². The molecule has 0 radical (unpaired) electrons. The Labute approximate surface area is 156 Å². The number of hydrogen-bond donors (Lipinski definition) is 0. The van der Waals surface area contributed by atoms with Crippen molar-refractivity contribution < 1.29 is 22.7 Å². The van der Waals surface area contributed by atoms with Gasteiger partial charge in [0.25, 0.3) is 0 Å². The van der Waals surface area contributed by atoms with Crippen LogP contribution in [-0.2, 0) is 9.53 Å². The minimum atomic E-state index is -4.47. The lowest BCUT2D eigenvalue weighted by atomic mass is 9.89. The van der Waals surface area contributed by atoms with E-state index in [1.54, 1.807) is 48.5 Å². The molecule has 6 heteroatoms. The fraction of sp³-hybridized carbons (Fsp3) is 0.381. The van der Waals surface area contributed by atoms with Crippen molar-refractivity contribution >= 4 is 5.91 Å². The molecule has 1 heterocycles. The van der Waals surface area contributed by atoms with Crippen molar-refractivity contribution in [2.24, 2.45) is 0 Å². The van der Waals surface area contributed by atoms with Gasteiger partial charge in [-0.1, -0.05) is 60.7 Å². The summed E-state index contributed by atoms with van der Waals surface area (Å²) in [6.07, 6.45) is -3.31. The van der Waals surface area contributed by atoms with Gasteiger partial charge in [0.15, 0.2) is 0 Å². The highest BCUT2D eigenvalue weighted by Crippen LogP contribution is 2.31. The summed E-state index contributed by atoms with van der Waals surface area (Å²) in [6, 6.07) is 17.3. The molecule has 0 saturated carbocycles. The van der Waals surface area contributed by atoms with Crippen LogP contribution in [-0.4, -0.2) is 42.8 Å². The van der Waals surface area contributed by atoms with Crippen LogP contribution in [0.15, 0.2) is 60.7 Å². The molecular formula is C21H22F3NO2. The first-order valence-electron chi connectivity index (χ1n) is 9.00. The highest BCUT2D eigenvalue weighted by molar-refractivity contribution is 5.87. The standard InChI is InChI=1S/C21H22F3NO2/c22-21(23,24)15-25(18-12-7-13-27-14-18)20(26)19(16-8-3-1-4-9-16)17-10-5-2-6-11-17/h1-6,8-11,18-19H,7,12-15H2. The fourth-order valence-electron chi connectivity index (χ4n) is 3.48. The molecule has 0 spiro atoms. The summed E-state index contributed by atoms with van der Waals surface area (Å²) in [5, 5.41) is 0. The Kier molecular flexibility index (Phi) is 6.16. The molecule has 1 amide bonds. The molecular weight excluding hydrogens is 355 g/mol. The predicted octanol–water partition coefficient (Wildman–Crippen LogP) is 4.39. The van der Waals surface area contributed by atoms with Gasteiger partial charge >= 0.3 is 6.18 Å². The normalized spacial score (nSPS) is 17.7. The summed E-state index contributed by atoms with van der Waals surface area (Å²) in [4.78, 5) is 14.4. The zero-order valence-corrected chi connectivity index (χ0v) is 14.9. The quantitative estimate of drug-likeness (QED) is 0.774. The average molecular weight is 377 g/mol. The Morgan fingerprint density at radius 2 is 1.59 bits per heavy atom. The number of alkyl halides is 3. The zero-order valence-electron chi connectivity index (χ0n) is 14.9. The predicted molar refractivity (Wildman–Crippen MR) is 96.3 cm³/mol. The third kappa shape index (κ3) is 5.10. The SMILES string of the molecule is O=C(C(c1ccccc1)c1ccccc1)N(CC(F)(F)F)C1CCCOC1. The van der Waals surface area contributed by atoms with Crippen LogP contribution < -0.4 is 0 Å². The molecule has 0 aromatic heterocycles. The number of carbonyl (C=O) groups excluding carboxylic acids is 1. The van der Waals surface area contributed by atoms with E-state index in [1.165, 1.54) is 0 Å². The second-order valence-electron chi connectivity index (χ2n) is 6.71. The molecule has 3 nitrogen and oxygen atoms in total. The number of halogens is 3. The van der Waals surface area contributed by atoms with E-state index < -0.39 is 30.6 Å². The number of nitrogens with zero attached hydrogens (tertiary/aromatic N) is 1. The third-order valence-corrected chi connectivity index (χ3v) is 4.72. The molecule has 2 aromatic rings. The highest BCUT2D eigenvalue weighted by Gasteiger charge is 2.40. The van der Waals surface area contributed by atoms with E-state index in [-0.39, 0.29) is 6.61 Å². The van der Waals surface area contributed by atoms with Crippen LogP contribution in [0.3, 0.4) is 0 Å². The molecule has 0 N–H and O–H groups in total. The Morgan fingerprint density at radius 3 is 2.04 bits per heavy atom. The summed E-state index contributed by atoms with van der Waals surface area (Å²) >= 11 is 0. The van der Waals surface area contributed by atoms with E-state index in [2.05, 4.69) is 0 Å². The largest absolute Gasteiger partial charge is 0.406 e. The van der Waals surface area contributed by atoms with E-state index in [0.717, 1.165) is 4.90 Å². The first-order valence-corrected chi connectivity index (χ1v) is 9.00. The summed E-state index contributed by atoms with van der Waals surface area (Å²) < 4.78 is 45.1. The number of rotatable bonds is 5. The van der Waals surface area contributed by atoms with Crippen LogP contribution in [0, 0.1) is 0 Å². The van der Waals surface area contributed by atoms with Crippen LogP contribution in [0.2, 0.25) is 0 Å². The van der Waals surface area contributed by atoms with Gasteiger partial charge in [0, 0.05) is 6.61 Å². The van der Waals surface area contributed by atoms with Gasteiger partial charge in [-0.3, -0.25) is 4.79 Å². The smallest absolute Gasteiger partial charge is 0.379 e. The van der Waals surface area contributed by atoms with Crippen molar-refractivity contribution in [1.29, 1.82) is 0 Å². The van der Waals surface area contributed by atoms with Gasteiger partial charge in [-0.2, -0.15) is 13.2 Å². The number of benzene rings is 2. The highest BCUT2D eigenvalue weighted by atomic mass is 19.4. The van der Waals surface area contributed by atoms with Crippen molar-refractivity contribution in [1.82, 2.24) is 4.90 Å². The number of ether oxygens (including phenoxy) is 1. The Bertz CT molecular complexity index is 689. The lowest BCUT2D eigenvalue weighted by molar-refractivity contribution is -0.170. The Hall–Kier alpha value is -2.34. The third-order valence-electron chi connectivity index (χ3n) is 4.72. The fourth-order valence-corrected chi connectivity index (χ4v) is 3.48. The van der Waals surface area contributed by atoms with E-state index in [1.807, 2.05) is 12.1 Å². The summed E-state index contributed by atoms with van der Waals surface area (Å²) in [5.41, 5.74) is 1.36. The lowest BCUT2D eigenvalue weighted by Gasteiger charge is -2.37. The van der Waals surface area contributed by atoms with Crippen LogP contribution in [0.1, 0.15) is 29.9 Å². The maximum absolute atomic E-state index is 13.4. The number of hydrogen-bond acceptors (Lipinski definition) is 2. The van der Waals surface area contributed by atoms with Gasteiger partial charge < -0.3 is 9.64 Å². The van der Waals surface area contributed by atoms with Crippen LogP contribution in [0.25, 0.3) is 0 Å². The first-order chi connectivity index (χ1) is 13.0. The van der Waals surface area contributed by atoms with Crippen molar-refractivity contribution in [3.63, 3.8) is 0 Å². The van der Waals surface area contributed by atoms with E-state index >= 15 is 0 Å². The van der Waals surface area contributed by atoms with Gasteiger partial charge in [-0.15, -0.1) is 0 Å². The average Bonchev–Trinajstić information content (AvgIpc) is 2.68. The van der Waals surface area contributed by atoms with Gasteiger partial charge in [-0.25, -0.2) is 0 Å². The molecule has 2 aromatic carbocycles. The van der Waals surface area contributed by atoms with E-state index in [9.17, 15) is 18.0 Å². The van der Waals surface area contributed by atoms with Crippen LogP contribution in [0.4, 0.5) is 13.2 Å². The summed E-state index contributed by atoms with van der Waals surface area (Å²) in [7, 11) is 0. The topological polar surface area (TPSA) is 29.5 Å². The van der Waals surface area contributed by atoms with E-state index in [0.29, 0.717) is 30.6 Å². The number of amides is 1. The van der Waals surface area contributed by atoms with Gasteiger partial charge in [0.2, 0.25) is 5.91 Å². The Morgan fingerprint density at radius 1 is 1.04 bits per heavy atom. The van der Waals surface area contributed by atoms with Crippen molar-refractivity contribution in [3.05, 3.63) is 71.8 Å². The molecule has 27 heavy (non-hydrogen) atoms. The minimum absolute atomic E-state index is 0.137. The molecule has 1 aliphatic heterocycles. The molecule has 0 bridgehead atoms. The first kappa shape index (κ1) is 19.4. The van der Waals surface area contributed by atoms with Gasteiger partial charge in [0.1, 0.15) is 6.54 Å². The van der Waals surface area contributed by atoms with E-state index in [4.69, 9.17) is 4.74 Å². The minimum Gasteiger partial charge on any atom is -0.379 e. The van der Waals surface area contributed by atoms with Gasteiger partial charge in [0.05, 0.1) is 18.6 Å².